The van der Waals surface area contributed by atoms with Crippen LogP contribution >= 0.6 is 0 Å². The summed E-state index contributed by atoms with van der Waals surface area (Å²) in [7, 11) is -4.31. The van der Waals surface area contributed by atoms with E-state index in [1.165, 1.54) is 25.1 Å². The summed E-state index contributed by atoms with van der Waals surface area (Å²) in [6.07, 6.45) is 0. The van der Waals surface area contributed by atoms with Crippen molar-refractivity contribution in [3.8, 4) is 0 Å². The van der Waals surface area contributed by atoms with Crippen molar-refractivity contribution in [2.45, 2.75) is 51.2 Å². The van der Waals surface area contributed by atoms with Crippen molar-refractivity contribution in [2.75, 3.05) is 10.8 Å². The van der Waals surface area contributed by atoms with E-state index in [0.29, 0.717) is 0 Å². The molecule has 1 N–H and O–H groups in total. The predicted molar refractivity (Wildman–Crippen MR) is 142 cm³/mol. The van der Waals surface area contributed by atoms with Gasteiger partial charge in [0.2, 0.25) is 11.8 Å². The van der Waals surface area contributed by atoms with Gasteiger partial charge >= 0.3 is 0 Å². The van der Waals surface area contributed by atoms with Crippen molar-refractivity contribution in [1.29, 1.82) is 0 Å². The van der Waals surface area contributed by atoms with Gasteiger partial charge in [0.1, 0.15) is 24.2 Å². The molecule has 7 nitrogen and oxygen atoms in total. The summed E-state index contributed by atoms with van der Waals surface area (Å²) in [4.78, 5) is 27.5. The zero-order chi connectivity index (χ0) is 28.0. The third-order valence-electron chi connectivity index (χ3n) is 5.90. The third-order valence-corrected chi connectivity index (χ3v) is 7.69. The molecule has 0 unspecified atom stereocenters. The Morgan fingerprint density at radius 2 is 1.50 bits per heavy atom. The molecule has 0 aliphatic carbocycles. The molecule has 0 bridgehead atoms. The van der Waals surface area contributed by atoms with Gasteiger partial charge in [0.25, 0.3) is 10.0 Å². The maximum absolute atomic E-state index is 14.5. The highest BCUT2D eigenvalue weighted by atomic mass is 32.2. The number of hydrogen-bond acceptors (Lipinski definition) is 4. The van der Waals surface area contributed by atoms with Gasteiger partial charge in [-0.1, -0.05) is 35.9 Å². The molecule has 3 aromatic rings. The summed E-state index contributed by atoms with van der Waals surface area (Å²) >= 11 is 0. The summed E-state index contributed by atoms with van der Waals surface area (Å²) in [5.74, 6) is -2.35. The molecule has 3 rings (SSSR count). The highest BCUT2D eigenvalue weighted by Crippen LogP contribution is 2.25. The molecule has 10 heteroatoms. The number of rotatable bonds is 10. The zero-order valence-corrected chi connectivity index (χ0v) is 22.5. The highest BCUT2D eigenvalue weighted by molar-refractivity contribution is 7.92. The molecule has 0 fully saturated rings. The molecule has 2 amide bonds. The molecule has 3 aromatic carbocycles. The maximum Gasteiger partial charge on any atom is 0.264 e. The number of halogens is 2. The molecule has 0 aliphatic rings. The molecule has 202 valence electrons. The fourth-order valence-corrected chi connectivity index (χ4v) is 5.19. The van der Waals surface area contributed by atoms with E-state index < -0.39 is 46.1 Å². The van der Waals surface area contributed by atoms with E-state index in [1.54, 1.807) is 44.2 Å². The van der Waals surface area contributed by atoms with Gasteiger partial charge in [0.15, 0.2) is 0 Å². The number of benzene rings is 3. The van der Waals surface area contributed by atoms with E-state index >= 15 is 0 Å². The van der Waals surface area contributed by atoms with Crippen LogP contribution in [-0.4, -0.2) is 43.8 Å². The van der Waals surface area contributed by atoms with Gasteiger partial charge < -0.3 is 10.2 Å². The van der Waals surface area contributed by atoms with Crippen LogP contribution in [0.1, 0.15) is 31.9 Å². The monoisotopic (exact) mass is 543 g/mol. The van der Waals surface area contributed by atoms with Crippen LogP contribution in [0.5, 0.6) is 0 Å². The predicted octanol–water partition coefficient (Wildman–Crippen LogP) is 4.41. The number of carbonyl (C=O) groups is 2. The average molecular weight is 544 g/mol. The van der Waals surface area contributed by atoms with E-state index in [9.17, 15) is 26.8 Å². The van der Waals surface area contributed by atoms with Crippen molar-refractivity contribution in [3.05, 3.63) is 95.6 Å². The summed E-state index contributed by atoms with van der Waals surface area (Å²) < 4.78 is 56.2. The fourth-order valence-electron chi connectivity index (χ4n) is 3.77. The Labute approximate surface area is 222 Å². The van der Waals surface area contributed by atoms with Gasteiger partial charge in [0, 0.05) is 18.2 Å². The Hall–Kier alpha value is -3.79. The van der Waals surface area contributed by atoms with Gasteiger partial charge in [-0.15, -0.1) is 0 Å². The van der Waals surface area contributed by atoms with Gasteiger partial charge in [-0.3, -0.25) is 13.9 Å². The third kappa shape index (κ3) is 6.95. The van der Waals surface area contributed by atoms with E-state index in [2.05, 4.69) is 5.32 Å². The minimum atomic E-state index is -4.31. The second-order valence-corrected chi connectivity index (χ2v) is 11.1. The normalized spacial score (nSPS) is 12.2. The number of anilines is 1. The molecule has 0 aromatic heterocycles. The molecule has 0 spiro atoms. The standard InChI is InChI=1S/C28H31F2N3O4S/c1-19(2)31-28(35)21(4)32(17-22-7-5-6-8-26(22)30)27(34)18-33(24-13-9-20(3)10-14-24)38(36,37)25-15-11-23(29)12-16-25/h5-16,19,21H,17-18H2,1-4H3,(H,31,35)/t21-/m0/s1. The smallest absolute Gasteiger partial charge is 0.264 e. The molecule has 0 saturated carbocycles. The van der Waals surface area contributed by atoms with Crippen LogP contribution in [0, 0.1) is 18.6 Å². The Morgan fingerprint density at radius 1 is 0.895 bits per heavy atom. The molecule has 38 heavy (non-hydrogen) atoms. The first-order valence-electron chi connectivity index (χ1n) is 12.1. The Kier molecular flexibility index (Phi) is 9.22. The first kappa shape index (κ1) is 28.8. The number of carbonyl (C=O) groups excluding carboxylic acids is 2. The van der Waals surface area contributed by atoms with Gasteiger partial charge in [-0.2, -0.15) is 0 Å². The average Bonchev–Trinajstić information content (AvgIpc) is 2.86. The summed E-state index contributed by atoms with van der Waals surface area (Å²) in [6.45, 7) is 5.94. The minimum Gasteiger partial charge on any atom is -0.352 e. The van der Waals surface area contributed by atoms with Crippen LogP contribution in [0.3, 0.4) is 0 Å². The Bertz CT molecular complexity index is 1380. The van der Waals surface area contributed by atoms with Crippen molar-refractivity contribution < 1.29 is 26.8 Å². The van der Waals surface area contributed by atoms with Crippen LogP contribution in [-0.2, 0) is 26.2 Å². The number of aryl methyl sites for hydroxylation is 1. The lowest BCUT2D eigenvalue weighted by atomic mass is 10.1. The van der Waals surface area contributed by atoms with E-state index in [0.717, 1.165) is 39.0 Å². The van der Waals surface area contributed by atoms with Crippen LogP contribution < -0.4 is 9.62 Å². The van der Waals surface area contributed by atoms with Crippen molar-refractivity contribution in [1.82, 2.24) is 10.2 Å². The second-order valence-electron chi connectivity index (χ2n) is 9.25. The first-order chi connectivity index (χ1) is 17.9. The SMILES string of the molecule is Cc1ccc(N(CC(=O)N(Cc2ccccc2F)[C@@H](C)C(=O)NC(C)C)S(=O)(=O)c2ccc(F)cc2)cc1. The van der Waals surface area contributed by atoms with Gasteiger partial charge in [-0.25, -0.2) is 17.2 Å². The Balaban J connectivity index is 2.03. The maximum atomic E-state index is 14.5. The number of amides is 2. The minimum absolute atomic E-state index is 0.174. The largest absolute Gasteiger partial charge is 0.352 e. The molecular formula is C28H31F2N3O4S. The van der Waals surface area contributed by atoms with E-state index in [4.69, 9.17) is 0 Å². The zero-order valence-electron chi connectivity index (χ0n) is 21.7. The quantitative estimate of drug-likeness (QED) is 0.411. The summed E-state index contributed by atoms with van der Waals surface area (Å²) in [6, 6.07) is 15.4. The number of nitrogens with one attached hydrogen (secondary N) is 1. The topological polar surface area (TPSA) is 86.8 Å². The number of sulfonamides is 1. The molecular weight excluding hydrogens is 512 g/mol. The van der Waals surface area contributed by atoms with Crippen molar-refractivity contribution in [3.63, 3.8) is 0 Å². The lowest BCUT2D eigenvalue weighted by Crippen LogP contribution is -2.52. The lowest BCUT2D eigenvalue weighted by molar-refractivity contribution is -0.139. The molecule has 0 radical (unpaired) electrons. The first-order valence-corrected chi connectivity index (χ1v) is 13.5. The van der Waals surface area contributed by atoms with Crippen LogP contribution in [0.25, 0.3) is 0 Å². The Morgan fingerprint density at radius 3 is 2.08 bits per heavy atom. The van der Waals surface area contributed by atoms with Gasteiger partial charge in [-0.05, 0) is 70.2 Å². The number of nitrogens with zero attached hydrogens (tertiary/aromatic N) is 2. The molecule has 0 saturated heterocycles. The van der Waals surface area contributed by atoms with E-state index in [-0.39, 0.29) is 28.7 Å². The van der Waals surface area contributed by atoms with Crippen molar-refractivity contribution >= 4 is 27.5 Å². The van der Waals surface area contributed by atoms with Crippen molar-refractivity contribution in [2.24, 2.45) is 0 Å². The van der Waals surface area contributed by atoms with Crippen LogP contribution in [0.4, 0.5) is 14.5 Å². The van der Waals surface area contributed by atoms with Gasteiger partial charge in [0.05, 0.1) is 10.6 Å². The lowest BCUT2D eigenvalue weighted by Gasteiger charge is -2.32. The fraction of sp³-hybridized carbons (Fsp3) is 0.286. The number of hydrogen-bond donors (Lipinski definition) is 1. The molecule has 1 atom stereocenters. The summed E-state index contributed by atoms with van der Waals surface area (Å²) in [5.41, 5.74) is 1.26. The highest BCUT2D eigenvalue weighted by Gasteiger charge is 2.33. The van der Waals surface area contributed by atoms with Crippen LogP contribution in [0.15, 0.2) is 77.7 Å². The molecule has 0 heterocycles. The van der Waals surface area contributed by atoms with E-state index in [1.807, 2.05) is 6.92 Å². The summed E-state index contributed by atoms with van der Waals surface area (Å²) in [5, 5.41) is 2.74. The second kappa shape index (κ2) is 12.2. The van der Waals surface area contributed by atoms with Crippen LogP contribution in [0.2, 0.25) is 0 Å². The molecule has 0 aliphatic heterocycles.